The number of hydrogen-bond donors (Lipinski definition) is 1. The number of aromatic nitrogens is 2. The fourth-order valence-corrected chi connectivity index (χ4v) is 3.56. The van der Waals surface area contributed by atoms with Gasteiger partial charge in [-0.3, -0.25) is 9.48 Å². The number of piperidine rings is 1. The van der Waals surface area contributed by atoms with Crippen LogP contribution in [-0.2, 0) is 23.0 Å². The summed E-state index contributed by atoms with van der Waals surface area (Å²) in [5.74, 6) is 0.144. The number of ether oxygens (including phenoxy) is 1. The lowest BCUT2D eigenvalue weighted by molar-refractivity contribution is -0.154. The topological polar surface area (TPSA) is 67.6 Å². The number of carbonyl (C=O) groups excluding carboxylic acids is 1. The summed E-state index contributed by atoms with van der Waals surface area (Å²) in [6, 6.07) is 0. The lowest BCUT2D eigenvalue weighted by Gasteiger charge is -2.43. The van der Waals surface area contributed by atoms with E-state index >= 15 is 0 Å². The van der Waals surface area contributed by atoms with Gasteiger partial charge < -0.3 is 14.7 Å². The van der Waals surface area contributed by atoms with E-state index in [1.165, 1.54) is 0 Å². The van der Waals surface area contributed by atoms with Crippen LogP contribution in [0.1, 0.15) is 36.9 Å². The molecule has 6 heteroatoms. The third-order valence-electron chi connectivity index (χ3n) is 5.17. The van der Waals surface area contributed by atoms with Gasteiger partial charge in [-0.15, -0.1) is 0 Å². The van der Waals surface area contributed by atoms with Gasteiger partial charge in [0.05, 0.1) is 18.8 Å². The van der Waals surface area contributed by atoms with Crippen molar-refractivity contribution >= 4 is 5.91 Å². The lowest BCUT2D eigenvalue weighted by Crippen LogP contribution is -2.57. The van der Waals surface area contributed by atoms with Crippen LogP contribution in [0.3, 0.4) is 0 Å². The molecule has 1 aromatic rings. The van der Waals surface area contributed by atoms with Crippen molar-refractivity contribution < 1.29 is 14.6 Å². The Bertz CT molecular complexity index is 549. The second kappa shape index (κ2) is 6.01. The molecule has 0 radical (unpaired) electrons. The molecule has 1 spiro atoms. The zero-order valence-electron chi connectivity index (χ0n) is 13.4. The molecule has 0 unspecified atom stereocenters. The monoisotopic (exact) mass is 307 g/mol. The Labute approximate surface area is 131 Å². The normalized spacial score (nSPS) is 28.5. The molecule has 0 bridgehead atoms. The average Bonchev–Trinajstić information content (AvgIpc) is 3.09. The molecular weight excluding hydrogens is 282 g/mol. The van der Waals surface area contributed by atoms with E-state index in [0.29, 0.717) is 39.0 Å². The number of rotatable bonds is 3. The molecule has 0 aromatic carbocycles. The van der Waals surface area contributed by atoms with Crippen molar-refractivity contribution in [3.63, 3.8) is 0 Å². The van der Waals surface area contributed by atoms with Crippen LogP contribution >= 0.6 is 0 Å². The molecule has 22 heavy (non-hydrogen) atoms. The van der Waals surface area contributed by atoms with Crippen molar-refractivity contribution in [2.24, 2.45) is 7.05 Å². The zero-order chi connectivity index (χ0) is 15.7. The van der Waals surface area contributed by atoms with Crippen LogP contribution in [0.25, 0.3) is 0 Å². The van der Waals surface area contributed by atoms with Crippen molar-refractivity contribution in [1.82, 2.24) is 14.7 Å². The van der Waals surface area contributed by atoms with E-state index in [9.17, 15) is 9.90 Å². The summed E-state index contributed by atoms with van der Waals surface area (Å²) < 4.78 is 7.63. The highest BCUT2D eigenvalue weighted by Gasteiger charge is 2.46. The molecule has 2 aliphatic rings. The van der Waals surface area contributed by atoms with Gasteiger partial charge in [0.1, 0.15) is 5.60 Å². The van der Waals surface area contributed by atoms with E-state index in [2.05, 4.69) is 5.10 Å². The highest BCUT2D eigenvalue weighted by molar-refractivity contribution is 5.76. The Hall–Kier alpha value is -1.40. The van der Waals surface area contributed by atoms with E-state index in [-0.39, 0.29) is 5.91 Å². The van der Waals surface area contributed by atoms with Crippen LogP contribution in [-0.4, -0.2) is 57.1 Å². The first-order valence-corrected chi connectivity index (χ1v) is 8.09. The molecule has 0 saturated carbocycles. The van der Waals surface area contributed by atoms with E-state index in [0.717, 1.165) is 24.1 Å². The van der Waals surface area contributed by atoms with E-state index in [4.69, 9.17) is 4.74 Å². The average molecular weight is 307 g/mol. The van der Waals surface area contributed by atoms with E-state index < -0.39 is 11.7 Å². The number of likely N-dealkylation sites (tertiary alicyclic amines) is 1. The third-order valence-corrected chi connectivity index (χ3v) is 5.17. The summed E-state index contributed by atoms with van der Waals surface area (Å²) in [7, 11) is 1.91. The Kier molecular flexibility index (Phi) is 4.23. The molecule has 3 rings (SSSR count). The maximum Gasteiger partial charge on any atom is 0.223 e. The number of carbonyl (C=O) groups is 1. The van der Waals surface area contributed by atoms with Gasteiger partial charge in [-0.1, -0.05) is 0 Å². The summed E-state index contributed by atoms with van der Waals surface area (Å²) in [6.07, 6.45) is 5.01. The number of aliphatic hydroxyl groups is 1. The molecule has 2 saturated heterocycles. The quantitative estimate of drug-likeness (QED) is 0.897. The van der Waals surface area contributed by atoms with Crippen LogP contribution in [0.5, 0.6) is 0 Å². The molecule has 0 aliphatic carbocycles. The number of hydrogen-bond acceptors (Lipinski definition) is 4. The standard InChI is InChI=1S/C16H25N3O3/c1-12-13(10-17-18(12)2)4-5-15(21)19-8-6-14(20)16(11-19)7-3-9-22-16/h10,14,20H,3-9,11H2,1-2H3/t14-,16-/m0/s1. The predicted molar refractivity (Wildman–Crippen MR) is 81.4 cm³/mol. The van der Waals surface area contributed by atoms with Crippen molar-refractivity contribution in [2.75, 3.05) is 19.7 Å². The minimum absolute atomic E-state index is 0.144. The SMILES string of the molecule is Cc1c(CCC(=O)N2CC[C@H](O)[C@]3(CCCO3)C2)cnn1C. The minimum Gasteiger partial charge on any atom is -0.390 e. The number of nitrogens with zero attached hydrogens (tertiary/aromatic N) is 3. The smallest absolute Gasteiger partial charge is 0.223 e. The molecule has 1 aromatic heterocycles. The van der Waals surface area contributed by atoms with Gasteiger partial charge in [-0.25, -0.2) is 0 Å². The Balaban J connectivity index is 1.59. The second-order valence-electron chi connectivity index (χ2n) is 6.52. The van der Waals surface area contributed by atoms with Gasteiger partial charge in [0.25, 0.3) is 0 Å². The summed E-state index contributed by atoms with van der Waals surface area (Å²) >= 11 is 0. The van der Waals surface area contributed by atoms with Crippen molar-refractivity contribution in [2.45, 2.75) is 50.7 Å². The zero-order valence-corrected chi connectivity index (χ0v) is 13.4. The van der Waals surface area contributed by atoms with Crippen molar-refractivity contribution in [3.05, 3.63) is 17.5 Å². The Morgan fingerprint density at radius 3 is 3.05 bits per heavy atom. The number of amides is 1. The van der Waals surface area contributed by atoms with Crippen LogP contribution in [0.4, 0.5) is 0 Å². The highest BCUT2D eigenvalue weighted by Crippen LogP contribution is 2.35. The summed E-state index contributed by atoms with van der Waals surface area (Å²) in [4.78, 5) is 14.4. The van der Waals surface area contributed by atoms with Crippen molar-refractivity contribution in [1.29, 1.82) is 0 Å². The lowest BCUT2D eigenvalue weighted by atomic mass is 9.87. The first-order chi connectivity index (χ1) is 10.5. The van der Waals surface area contributed by atoms with Gasteiger partial charge >= 0.3 is 0 Å². The molecule has 3 heterocycles. The van der Waals surface area contributed by atoms with Gasteiger partial charge in [0, 0.05) is 32.3 Å². The fourth-order valence-electron chi connectivity index (χ4n) is 3.56. The van der Waals surface area contributed by atoms with Crippen molar-refractivity contribution in [3.8, 4) is 0 Å². The summed E-state index contributed by atoms with van der Waals surface area (Å²) in [5.41, 5.74) is 1.72. The van der Waals surface area contributed by atoms with Gasteiger partial charge in [0.15, 0.2) is 0 Å². The van der Waals surface area contributed by atoms with E-state index in [1.54, 1.807) is 0 Å². The highest BCUT2D eigenvalue weighted by atomic mass is 16.5. The minimum atomic E-state index is -0.516. The molecule has 1 N–H and O–H groups in total. The second-order valence-corrected chi connectivity index (χ2v) is 6.52. The predicted octanol–water partition coefficient (Wildman–Crippen LogP) is 0.804. The van der Waals surface area contributed by atoms with E-state index in [1.807, 2.05) is 29.7 Å². The summed E-state index contributed by atoms with van der Waals surface area (Å²) in [5, 5.41) is 14.4. The summed E-state index contributed by atoms with van der Waals surface area (Å²) in [6.45, 7) is 3.86. The van der Waals surface area contributed by atoms with Gasteiger partial charge in [-0.05, 0) is 38.2 Å². The molecule has 2 fully saturated rings. The largest absolute Gasteiger partial charge is 0.390 e. The molecule has 2 atom stereocenters. The maximum absolute atomic E-state index is 12.5. The third kappa shape index (κ3) is 2.77. The maximum atomic E-state index is 12.5. The molecular formula is C16H25N3O3. The van der Waals surface area contributed by atoms with Crippen LogP contribution < -0.4 is 0 Å². The van der Waals surface area contributed by atoms with Crippen LogP contribution in [0.15, 0.2) is 6.20 Å². The Morgan fingerprint density at radius 2 is 2.41 bits per heavy atom. The van der Waals surface area contributed by atoms with Gasteiger partial charge in [0.2, 0.25) is 5.91 Å². The number of aryl methyl sites for hydroxylation is 2. The molecule has 2 aliphatic heterocycles. The van der Waals surface area contributed by atoms with Gasteiger partial charge in [-0.2, -0.15) is 5.10 Å². The first kappa shape index (κ1) is 15.5. The van der Waals surface area contributed by atoms with Crippen LogP contribution in [0.2, 0.25) is 0 Å². The van der Waals surface area contributed by atoms with Crippen LogP contribution in [0, 0.1) is 6.92 Å². The number of aliphatic hydroxyl groups excluding tert-OH is 1. The Morgan fingerprint density at radius 1 is 1.59 bits per heavy atom. The fraction of sp³-hybridized carbons (Fsp3) is 0.750. The molecule has 122 valence electrons. The molecule has 6 nitrogen and oxygen atoms in total. The first-order valence-electron chi connectivity index (χ1n) is 8.09. The molecule has 1 amide bonds.